The minimum atomic E-state index is 0.794. The van der Waals surface area contributed by atoms with Crippen molar-refractivity contribution in [2.24, 2.45) is 0 Å². The summed E-state index contributed by atoms with van der Waals surface area (Å²) < 4.78 is 2.86. The van der Waals surface area contributed by atoms with Gasteiger partial charge >= 0.3 is 0 Å². The predicted octanol–water partition coefficient (Wildman–Crippen LogP) is 3.56. The molecule has 23 heavy (non-hydrogen) atoms. The third-order valence-electron chi connectivity index (χ3n) is 3.41. The predicted molar refractivity (Wildman–Crippen MR) is 96.9 cm³/mol. The molecule has 0 bridgehead atoms. The lowest BCUT2D eigenvalue weighted by Gasteiger charge is -2.09. The van der Waals surface area contributed by atoms with E-state index in [9.17, 15) is 0 Å². The summed E-state index contributed by atoms with van der Waals surface area (Å²) in [6, 6.07) is 14.0. The van der Waals surface area contributed by atoms with Gasteiger partial charge in [-0.15, -0.1) is 0 Å². The fraction of sp³-hybridized carbons (Fsp3) is 0. The molecule has 2 aromatic heterocycles. The number of halogens is 1. The quantitative estimate of drug-likeness (QED) is 0.520. The van der Waals surface area contributed by atoms with Crippen LogP contribution in [0, 0.1) is 3.57 Å². The van der Waals surface area contributed by atoms with Gasteiger partial charge in [0, 0.05) is 14.6 Å². The van der Waals surface area contributed by atoms with E-state index in [-0.39, 0.29) is 0 Å². The van der Waals surface area contributed by atoms with E-state index in [0.717, 1.165) is 31.7 Å². The molecule has 0 fully saturated rings. The third-order valence-corrected chi connectivity index (χ3v) is 4.08. The van der Waals surface area contributed by atoms with Crippen LogP contribution in [0.5, 0.6) is 0 Å². The van der Waals surface area contributed by atoms with Crippen LogP contribution >= 0.6 is 22.6 Å². The van der Waals surface area contributed by atoms with Crippen molar-refractivity contribution in [1.82, 2.24) is 24.7 Å². The SMILES string of the molecule is Ic1ccc2ncnc(Nc3ccc(-n4cncn4)cc3)c2c1. The van der Waals surface area contributed by atoms with Crippen molar-refractivity contribution in [1.29, 1.82) is 0 Å². The van der Waals surface area contributed by atoms with E-state index in [2.05, 4.69) is 54.0 Å². The van der Waals surface area contributed by atoms with Crippen LogP contribution in [0.4, 0.5) is 11.5 Å². The van der Waals surface area contributed by atoms with Gasteiger partial charge in [-0.1, -0.05) is 0 Å². The van der Waals surface area contributed by atoms with E-state index in [1.807, 2.05) is 36.4 Å². The molecule has 0 saturated carbocycles. The first-order valence-electron chi connectivity index (χ1n) is 6.92. The molecule has 2 heterocycles. The van der Waals surface area contributed by atoms with Crippen LogP contribution in [-0.4, -0.2) is 24.7 Å². The Morgan fingerprint density at radius 1 is 0.957 bits per heavy atom. The summed E-state index contributed by atoms with van der Waals surface area (Å²) in [6.45, 7) is 0. The zero-order valence-corrected chi connectivity index (χ0v) is 14.0. The molecule has 0 unspecified atom stereocenters. The van der Waals surface area contributed by atoms with Gasteiger partial charge in [-0.3, -0.25) is 0 Å². The third kappa shape index (κ3) is 2.87. The van der Waals surface area contributed by atoms with Gasteiger partial charge in [0.15, 0.2) is 0 Å². The lowest BCUT2D eigenvalue weighted by Crippen LogP contribution is -1.98. The number of nitrogens with zero attached hydrogens (tertiary/aromatic N) is 5. The number of hydrogen-bond acceptors (Lipinski definition) is 5. The second-order valence-corrected chi connectivity index (χ2v) is 6.14. The Hall–Kier alpha value is -2.55. The van der Waals surface area contributed by atoms with Crippen molar-refractivity contribution in [3.05, 3.63) is 65.0 Å². The topological polar surface area (TPSA) is 68.5 Å². The van der Waals surface area contributed by atoms with Crippen LogP contribution in [0.3, 0.4) is 0 Å². The van der Waals surface area contributed by atoms with Gasteiger partial charge in [0.25, 0.3) is 0 Å². The zero-order valence-electron chi connectivity index (χ0n) is 11.9. The maximum absolute atomic E-state index is 4.36. The Balaban J connectivity index is 1.67. The molecule has 7 heteroatoms. The molecule has 6 nitrogen and oxygen atoms in total. The van der Waals surface area contributed by atoms with Crippen molar-refractivity contribution in [2.45, 2.75) is 0 Å². The molecule has 2 aromatic carbocycles. The second kappa shape index (κ2) is 5.92. The number of aromatic nitrogens is 5. The maximum atomic E-state index is 4.36. The molecule has 0 aliphatic rings. The van der Waals surface area contributed by atoms with Crippen LogP contribution in [0.25, 0.3) is 16.6 Å². The average molecular weight is 414 g/mol. The van der Waals surface area contributed by atoms with Gasteiger partial charge in [0.2, 0.25) is 0 Å². The van der Waals surface area contributed by atoms with Gasteiger partial charge in [-0.25, -0.2) is 19.6 Å². The Morgan fingerprint density at radius 2 is 1.83 bits per heavy atom. The minimum Gasteiger partial charge on any atom is -0.340 e. The lowest BCUT2D eigenvalue weighted by molar-refractivity contribution is 0.879. The normalized spacial score (nSPS) is 10.8. The molecule has 0 amide bonds. The number of hydrogen-bond donors (Lipinski definition) is 1. The highest BCUT2D eigenvalue weighted by molar-refractivity contribution is 14.1. The van der Waals surface area contributed by atoms with Crippen molar-refractivity contribution >= 4 is 45.0 Å². The lowest BCUT2D eigenvalue weighted by atomic mass is 10.2. The highest BCUT2D eigenvalue weighted by atomic mass is 127. The van der Waals surface area contributed by atoms with E-state index in [0.29, 0.717) is 0 Å². The summed E-state index contributed by atoms with van der Waals surface area (Å²) in [5.74, 6) is 0.794. The number of fused-ring (bicyclic) bond motifs is 1. The molecule has 0 radical (unpaired) electrons. The van der Waals surface area contributed by atoms with Crippen molar-refractivity contribution < 1.29 is 0 Å². The monoisotopic (exact) mass is 414 g/mol. The average Bonchev–Trinajstić information content (AvgIpc) is 3.11. The molecule has 0 spiro atoms. The van der Waals surface area contributed by atoms with E-state index < -0.39 is 0 Å². The van der Waals surface area contributed by atoms with Crippen LogP contribution in [-0.2, 0) is 0 Å². The first-order valence-corrected chi connectivity index (χ1v) is 8.00. The van der Waals surface area contributed by atoms with Crippen LogP contribution in [0.1, 0.15) is 0 Å². The van der Waals surface area contributed by atoms with Crippen molar-refractivity contribution in [3.8, 4) is 5.69 Å². The highest BCUT2D eigenvalue weighted by Crippen LogP contribution is 2.25. The van der Waals surface area contributed by atoms with Gasteiger partial charge in [-0.2, -0.15) is 5.10 Å². The fourth-order valence-electron chi connectivity index (χ4n) is 2.30. The fourth-order valence-corrected chi connectivity index (χ4v) is 2.80. The summed E-state index contributed by atoms with van der Waals surface area (Å²) in [6.07, 6.45) is 4.75. The number of rotatable bonds is 3. The van der Waals surface area contributed by atoms with E-state index in [1.54, 1.807) is 17.3 Å². The summed E-state index contributed by atoms with van der Waals surface area (Å²) in [5.41, 5.74) is 2.82. The summed E-state index contributed by atoms with van der Waals surface area (Å²) in [7, 11) is 0. The molecular weight excluding hydrogens is 403 g/mol. The molecular formula is C16H11IN6. The molecule has 0 atom stereocenters. The standard InChI is InChI=1S/C16H11IN6/c17-11-1-6-15-14(7-11)16(20-9-19-15)22-12-2-4-13(5-3-12)23-10-18-8-21-23/h1-10H,(H,19,20,22). The Bertz CT molecular complexity index is 950. The van der Waals surface area contributed by atoms with Crippen molar-refractivity contribution in [3.63, 3.8) is 0 Å². The molecule has 4 rings (SSSR count). The molecule has 4 aromatic rings. The molecule has 0 saturated heterocycles. The Kier molecular flexibility index (Phi) is 3.62. The molecule has 112 valence electrons. The van der Waals surface area contributed by atoms with E-state index in [1.165, 1.54) is 6.33 Å². The smallest absolute Gasteiger partial charge is 0.141 e. The van der Waals surface area contributed by atoms with Gasteiger partial charge in [0.1, 0.15) is 24.8 Å². The largest absolute Gasteiger partial charge is 0.340 e. The molecule has 0 aliphatic heterocycles. The van der Waals surface area contributed by atoms with E-state index >= 15 is 0 Å². The number of anilines is 2. The molecule has 0 aliphatic carbocycles. The zero-order chi connectivity index (χ0) is 15.6. The number of nitrogens with one attached hydrogen (secondary N) is 1. The van der Waals surface area contributed by atoms with Crippen LogP contribution in [0.15, 0.2) is 61.4 Å². The Morgan fingerprint density at radius 3 is 2.61 bits per heavy atom. The van der Waals surface area contributed by atoms with Crippen molar-refractivity contribution in [2.75, 3.05) is 5.32 Å². The summed E-state index contributed by atoms with van der Waals surface area (Å²) >= 11 is 2.29. The first kappa shape index (κ1) is 14.1. The summed E-state index contributed by atoms with van der Waals surface area (Å²) in [4.78, 5) is 12.6. The highest BCUT2D eigenvalue weighted by Gasteiger charge is 2.05. The first-order chi connectivity index (χ1) is 11.3. The Labute approximate surface area is 145 Å². The maximum Gasteiger partial charge on any atom is 0.141 e. The van der Waals surface area contributed by atoms with Crippen LogP contribution in [0.2, 0.25) is 0 Å². The molecule has 1 N–H and O–H groups in total. The van der Waals surface area contributed by atoms with Gasteiger partial charge in [0.05, 0.1) is 11.2 Å². The van der Waals surface area contributed by atoms with E-state index in [4.69, 9.17) is 0 Å². The minimum absolute atomic E-state index is 0.794. The second-order valence-electron chi connectivity index (χ2n) is 4.90. The number of benzene rings is 2. The van der Waals surface area contributed by atoms with Gasteiger partial charge < -0.3 is 5.32 Å². The summed E-state index contributed by atoms with van der Waals surface area (Å²) in [5, 5.41) is 8.46. The van der Waals surface area contributed by atoms with Crippen LogP contribution < -0.4 is 5.32 Å². The van der Waals surface area contributed by atoms with Gasteiger partial charge in [-0.05, 0) is 65.1 Å².